The normalized spacial score (nSPS) is 27.6. The molecule has 0 saturated carbocycles. The van der Waals surface area contributed by atoms with Crippen molar-refractivity contribution in [3.8, 4) is 12.3 Å². The molecule has 2 aromatic rings. The molecule has 20 heteroatoms. The number of aromatic nitrogens is 4. The Morgan fingerprint density at radius 3 is 2.56 bits per heavy atom. The van der Waals surface area contributed by atoms with Crippen molar-refractivity contribution >= 4 is 40.2 Å². The summed E-state index contributed by atoms with van der Waals surface area (Å²) >= 11 is 0. The Hall–Kier alpha value is -1.76. The number of ether oxygens (including phenoxy) is 2. The van der Waals surface area contributed by atoms with Gasteiger partial charge in [-0.25, -0.2) is 28.4 Å². The first-order valence-electron chi connectivity index (χ1n) is 8.16. The maximum Gasteiger partial charge on any atom is 0.488 e. The first-order chi connectivity index (χ1) is 14.7. The van der Waals surface area contributed by atoms with Gasteiger partial charge in [-0.05, 0) is 0 Å². The second-order valence-corrected chi connectivity index (χ2v) is 11.1. The van der Waals surface area contributed by atoms with Gasteiger partial charge in [0, 0.05) is 0 Å². The standard InChI is InChI=1S/C12H16N5O12P3/c1-2-12(27-6-30(19,20)28-32(24,25)29-31(21,22)23)3-26-11(8(12)18)17-5-16-7-9(13)14-4-15-10(7)17/h1,4-5,8,11,18H,3,6H2,(H,19,20)(H,24,25)(H2,13,14,15)(H2,21,22,23)/t8-,11+,12-/m0/s1. The van der Waals surface area contributed by atoms with E-state index in [2.05, 4.69) is 29.5 Å². The van der Waals surface area contributed by atoms with E-state index < -0.39 is 54.1 Å². The van der Waals surface area contributed by atoms with Crippen LogP contribution < -0.4 is 5.73 Å². The maximum atomic E-state index is 12.1. The fraction of sp³-hybridized carbons (Fsp3) is 0.417. The van der Waals surface area contributed by atoms with Gasteiger partial charge in [0.1, 0.15) is 17.9 Å². The summed E-state index contributed by atoms with van der Waals surface area (Å²) in [5.41, 5.74) is 4.06. The fourth-order valence-electron chi connectivity index (χ4n) is 2.73. The van der Waals surface area contributed by atoms with E-state index in [4.69, 9.17) is 31.4 Å². The second kappa shape index (κ2) is 8.54. The summed E-state index contributed by atoms with van der Waals surface area (Å²) in [6, 6.07) is 0. The number of nitrogens with zero attached hydrogens (tertiary/aromatic N) is 4. The van der Waals surface area contributed by atoms with Crippen molar-refractivity contribution in [3.63, 3.8) is 0 Å². The van der Waals surface area contributed by atoms with E-state index in [0.29, 0.717) is 0 Å². The molecule has 3 heterocycles. The first-order valence-corrected chi connectivity index (χ1v) is 12.9. The molecule has 0 bridgehead atoms. The molecular weight excluding hydrogens is 499 g/mol. The fourth-order valence-corrected chi connectivity index (χ4v) is 6.07. The van der Waals surface area contributed by atoms with Gasteiger partial charge in [-0.2, -0.15) is 4.31 Å². The Morgan fingerprint density at radius 1 is 1.25 bits per heavy atom. The van der Waals surface area contributed by atoms with Gasteiger partial charge in [-0.3, -0.25) is 9.13 Å². The number of aliphatic hydroxyl groups is 1. The Balaban J connectivity index is 1.77. The van der Waals surface area contributed by atoms with Crippen LogP contribution in [0.5, 0.6) is 0 Å². The van der Waals surface area contributed by atoms with E-state index >= 15 is 0 Å². The molecule has 0 spiro atoms. The van der Waals surface area contributed by atoms with Gasteiger partial charge in [0.05, 0.1) is 12.9 Å². The van der Waals surface area contributed by atoms with Crippen LogP contribution in [0.1, 0.15) is 6.23 Å². The van der Waals surface area contributed by atoms with Crippen LogP contribution in [0.2, 0.25) is 0 Å². The quantitative estimate of drug-likeness (QED) is 0.183. The molecule has 2 unspecified atom stereocenters. The molecule has 17 nitrogen and oxygen atoms in total. The number of rotatable bonds is 8. The number of phosphoric acid groups is 2. The number of hydrogen-bond donors (Lipinski definition) is 6. The molecule has 0 radical (unpaired) electrons. The summed E-state index contributed by atoms with van der Waals surface area (Å²) < 4.78 is 53.4. The molecular formula is C12H16N5O12P3. The van der Waals surface area contributed by atoms with E-state index in [1.165, 1.54) is 10.9 Å². The van der Waals surface area contributed by atoms with Crippen LogP contribution in [-0.4, -0.2) is 68.9 Å². The zero-order valence-electron chi connectivity index (χ0n) is 15.6. The van der Waals surface area contributed by atoms with E-state index in [1.54, 1.807) is 0 Å². The largest absolute Gasteiger partial charge is 0.488 e. The third-order valence-corrected chi connectivity index (χ3v) is 8.03. The Bertz CT molecular complexity index is 1210. The lowest BCUT2D eigenvalue weighted by atomic mass is 10.00. The van der Waals surface area contributed by atoms with Crippen molar-refractivity contribution in [1.29, 1.82) is 0 Å². The minimum atomic E-state index is -5.67. The average Bonchev–Trinajstić information content (AvgIpc) is 3.20. The van der Waals surface area contributed by atoms with Crippen LogP contribution in [0.4, 0.5) is 5.82 Å². The monoisotopic (exact) mass is 515 g/mol. The minimum absolute atomic E-state index is 0.0602. The second-order valence-electron chi connectivity index (χ2n) is 6.30. The number of fused-ring (bicyclic) bond motifs is 1. The van der Waals surface area contributed by atoms with Crippen LogP contribution in [0, 0.1) is 12.3 Å². The molecule has 5 atom stereocenters. The number of terminal acetylenes is 1. The van der Waals surface area contributed by atoms with Crippen molar-refractivity contribution in [2.75, 3.05) is 18.7 Å². The van der Waals surface area contributed by atoms with Gasteiger partial charge in [0.15, 0.2) is 29.6 Å². The van der Waals surface area contributed by atoms with Crippen LogP contribution in [0.15, 0.2) is 12.7 Å². The lowest BCUT2D eigenvalue weighted by Crippen LogP contribution is -2.44. The lowest BCUT2D eigenvalue weighted by molar-refractivity contribution is -0.0600. The van der Waals surface area contributed by atoms with Gasteiger partial charge < -0.3 is 39.9 Å². The zero-order valence-corrected chi connectivity index (χ0v) is 18.3. The highest BCUT2D eigenvalue weighted by atomic mass is 31.3. The lowest BCUT2D eigenvalue weighted by Gasteiger charge is -2.28. The molecule has 0 aromatic carbocycles. The predicted molar refractivity (Wildman–Crippen MR) is 102 cm³/mol. The van der Waals surface area contributed by atoms with Crippen LogP contribution in [-0.2, 0) is 31.8 Å². The highest BCUT2D eigenvalue weighted by molar-refractivity contribution is 7.68. The summed E-state index contributed by atoms with van der Waals surface area (Å²) in [6.07, 6.45) is 3.52. The molecule has 1 saturated heterocycles. The van der Waals surface area contributed by atoms with Crippen molar-refractivity contribution < 1.29 is 56.5 Å². The molecule has 3 rings (SSSR count). The van der Waals surface area contributed by atoms with E-state index in [1.807, 2.05) is 0 Å². The van der Waals surface area contributed by atoms with Crippen LogP contribution in [0.3, 0.4) is 0 Å². The SMILES string of the molecule is C#C[C@]1(OCP(=O)(O)OP(=O)(O)OP(=O)(O)O)CO[C@@H](n2cnc3c(N)ncnc32)[C@@H]1O. The smallest absolute Gasteiger partial charge is 0.384 e. The van der Waals surface area contributed by atoms with Crippen molar-refractivity contribution in [2.24, 2.45) is 0 Å². The topological polar surface area (TPSA) is 259 Å². The Labute approximate surface area is 178 Å². The molecule has 176 valence electrons. The number of aliphatic hydroxyl groups excluding tert-OH is 1. The number of nitrogens with two attached hydrogens (primary N) is 1. The summed E-state index contributed by atoms with van der Waals surface area (Å²) in [4.78, 5) is 47.8. The van der Waals surface area contributed by atoms with Gasteiger partial charge in [-0.1, -0.05) is 5.92 Å². The molecule has 7 N–H and O–H groups in total. The highest BCUT2D eigenvalue weighted by Gasteiger charge is 2.52. The minimum Gasteiger partial charge on any atom is -0.384 e. The third-order valence-electron chi connectivity index (χ3n) is 4.05. The Morgan fingerprint density at radius 2 is 1.94 bits per heavy atom. The van der Waals surface area contributed by atoms with Gasteiger partial charge in [0.2, 0.25) is 0 Å². The summed E-state index contributed by atoms with van der Waals surface area (Å²) in [5, 5.41) is 10.7. The molecule has 1 fully saturated rings. The van der Waals surface area contributed by atoms with E-state index in [9.17, 15) is 28.6 Å². The van der Waals surface area contributed by atoms with Crippen LogP contribution >= 0.6 is 23.2 Å². The molecule has 32 heavy (non-hydrogen) atoms. The van der Waals surface area contributed by atoms with E-state index in [-0.39, 0.29) is 17.0 Å². The number of nitrogen functional groups attached to an aromatic ring is 1. The first kappa shape index (κ1) is 24.9. The van der Waals surface area contributed by atoms with Crippen molar-refractivity contribution in [1.82, 2.24) is 19.5 Å². The molecule has 0 amide bonds. The number of anilines is 1. The summed E-state index contributed by atoms with van der Waals surface area (Å²) in [5.74, 6) is 2.15. The highest BCUT2D eigenvalue weighted by Crippen LogP contribution is 2.66. The average molecular weight is 515 g/mol. The third kappa shape index (κ3) is 5.24. The molecule has 1 aliphatic heterocycles. The predicted octanol–water partition coefficient (Wildman–Crippen LogP) is -0.944. The zero-order chi connectivity index (χ0) is 23.9. The van der Waals surface area contributed by atoms with Crippen molar-refractivity contribution in [3.05, 3.63) is 12.7 Å². The number of hydrogen-bond acceptors (Lipinski definition) is 12. The van der Waals surface area contributed by atoms with E-state index in [0.717, 1.165) is 6.33 Å². The van der Waals surface area contributed by atoms with Gasteiger partial charge in [-0.15, -0.1) is 6.42 Å². The summed E-state index contributed by atoms with van der Waals surface area (Å²) in [7, 11) is -16.4. The Kier molecular flexibility index (Phi) is 6.64. The van der Waals surface area contributed by atoms with Crippen LogP contribution in [0.25, 0.3) is 11.2 Å². The molecule has 1 aliphatic rings. The molecule has 2 aromatic heterocycles. The maximum absolute atomic E-state index is 12.1. The van der Waals surface area contributed by atoms with Crippen molar-refractivity contribution in [2.45, 2.75) is 17.9 Å². The van der Waals surface area contributed by atoms with Gasteiger partial charge in [0.25, 0.3) is 0 Å². The molecule has 0 aliphatic carbocycles. The number of imidazole rings is 1. The van der Waals surface area contributed by atoms with Gasteiger partial charge >= 0.3 is 23.2 Å². The summed E-state index contributed by atoms with van der Waals surface area (Å²) in [6.45, 7) is -0.509.